The average Bonchev–Trinajstić information content (AvgIpc) is 2.36. The maximum absolute atomic E-state index is 5.93. The van der Waals surface area contributed by atoms with Gasteiger partial charge < -0.3 is 5.73 Å². The molecule has 3 heteroatoms. The van der Waals surface area contributed by atoms with Crippen molar-refractivity contribution in [3.8, 4) is 0 Å². The molecule has 1 aromatic heterocycles. The molecule has 1 aromatic rings. The molecule has 0 aromatic carbocycles. The smallest absolute Gasteiger partial charge is 0.0401 e. The summed E-state index contributed by atoms with van der Waals surface area (Å²) in [6.07, 6.45) is 2.21. The van der Waals surface area contributed by atoms with Crippen LogP contribution in [-0.4, -0.2) is 0 Å². The Morgan fingerprint density at radius 3 is 2.91 bits per heavy atom. The summed E-state index contributed by atoms with van der Waals surface area (Å²) in [7, 11) is 0. The molecule has 0 radical (unpaired) electrons. The van der Waals surface area contributed by atoms with E-state index >= 15 is 0 Å². The van der Waals surface area contributed by atoms with E-state index in [-0.39, 0.29) is 6.04 Å². The van der Waals surface area contributed by atoms with E-state index in [1.807, 2.05) is 0 Å². The highest BCUT2D eigenvalue weighted by atomic mass is 79.9. The molecule has 0 aliphatic rings. The number of rotatable bonds is 3. The molecule has 0 spiro atoms. The second kappa shape index (κ2) is 4.24. The minimum Gasteiger partial charge on any atom is -0.323 e. The Morgan fingerprint density at radius 2 is 2.45 bits per heavy atom. The van der Waals surface area contributed by atoms with Gasteiger partial charge in [0, 0.05) is 15.4 Å². The summed E-state index contributed by atoms with van der Waals surface area (Å²) in [5, 5.41) is 2.06. The molecular weight excluding hydrogens is 222 g/mol. The first kappa shape index (κ1) is 9.23. The summed E-state index contributed by atoms with van der Waals surface area (Å²) < 4.78 is 1.16. The normalized spacial score (nSPS) is 13.4. The fraction of sp³-hybridized carbons (Fsp3) is 0.500. The van der Waals surface area contributed by atoms with Crippen LogP contribution >= 0.6 is 27.3 Å². The highest BCUT2D eigenvalue weighted by Crippen LogP contribution is 2.29. The first-order chi connectivity index (χ1) is 5.25. The zero-order chi connectivity index (χ0) is 8.27. The number of hydrogen-bond acceptors (Lipinski definition) is 2. The van der Waals surface area contributed by atoms with Crippen molar-refractivity contribution in [1.29, 1.82) is 0 Å². The van der Waals surface area contributed by atoms with Crippen LogP contribution < -0.4 is 5.73 Å². The standard InChI is InChI=1S/C8H12BrNS/c1-2-3-7(10)8-6(9)4-5-11-8/h4-5,7H,2-3,10H2,1H3/t7-/m0/s1. The van der Waals surface area contributed by atoms with Gasteiger partial charge in [0.2, 0.25) is 0 Å². The Hall–Kier alpha value is 0.140. The zero-order valence-corrected chi connectivity index (χ0v) is 8.91. The Morgan fingerprint density at radius 1 is 1.73 bits per heavy atom. The molecule has 1 atom stereocenters. The van der Waals surface area contributed by atoms with Gasteiger partial charge >= 0.3 is 0 Å². The third-order valence-corrected chi connectivity index (χ3v) is 3.58. The summed E-state index contributed by atoms with van der Waals surface area (Å²) in [5.41, 5.74) is 5.93. The fourth-order valence-corrected chi connectivity index (χ4v) is 2.72. The molecule has 0 bridgehead atoms. The SMILES string of the molecule is CCC[C@H](N)c1sccc1Br. The van der Waals surface area contributed by atoms with Crippen LogP contribution in [0.1, 0.15) is 30.7 Å². The van der Waals surface area contributed by atoms with E-state index in [0.717, 1.165) is 17.3 Å². The predicted octanol–water partition coefficient (Wildman–Crippen LogP) is 3.31. The lowest BCUT2D eigenvalue weighted by molar-refractivity contribution is 0.646. The largest absolute Gasteiger partial charge is 0.323 e. The molecule has 1 rings (SSSR count). The van der Waals surface area contributed by atoms with Gasteiger partial charge in [0.05, 0.1) is 0 Å². The number of thiophene rings is 1. The minimum atomic E-state index is 0.217. The van der Waals surface area contributed by atoms with Crippen LogP contribution in [-0.2, 0) is 0 Å². The molecule has 2 N–H and O–H groups in total. The Bertz CT molecular complexity index is 222. The molecule has 0 unspecified atom stereocenters. The van der Waals surface area contributed by atoms with Crippen molar-refractivity contribution in [2.75, 3.05) is 0 Å². The molecule has 0 aliphatic carbocycles. The summed E-state index contributed by atoms with van der Waals surface area (Å²) in [6.45, 7) is 2.15. The predicted molar refractivity (Wildman–Crippen MR) is 53.9 cm³/mol. The van der Waals surface area contributed by atoms with E-state index in [1.165, 1.54) is 4.88 Å². The van der Waals surface area contributed by atoms with E-state index in [9.17, 15) is 0 Å². The van der Waals surface area contributed by atoms with Gasteiger partial charge in [-0.15, -0.1) is 11.3 Å². The molecule has 1 nitrogen and oxygen atoms in total. The number of hydrogen-bond donors (Lipinski definition) is 1. The van der Waals surface area contributed by atoms with Gasteiger partial charge in [0.15, 0.2) is 0 Å². The molecular formula is C8H12BrNS. The monoisotopic (exact) mass is 233 g/mol. The lowest BCUT2D eigenvalue weighted by atomic mass is 10.1. The lowest BCUT2D eigenvalue weighted by Gasteiger charge is -2.07. The highest BCUT2D eigenvalue weighted by molar-refractivity contribution is 9.10. The van der Waals surface area contributed by atoms with Gasteiger partial charge in [-0.3, -0.25) is 0 Å². The van der Waals surface area contributed by atoms with Crippen molar-refractivity contribution in [3.05, 3.63) is 20.8 Å². The van der Waals surface area contributed by atoms with Crippen molar-refractivity contribution in [2.24, 2.45) is 5.73 Å². The molecule has 0 saturated heterocycles. The summed E-state index contributed by atoms with van der Waals surface area (Å²) in [6, 6.07) is 2.27. The van der Waals surface area contributed by atoms with Crippen LogP contribution in [0.25, 0.3) is 0 Å². The van der Waals surface area contributed by atoms with Crippen molar-refractivity contribution < 1.29 is 0 Å². The second-order valence-electron chi connectivity index (χ2n) is 2.53. The van der Waals surface area contributed by atoms with Gasteiger partial charge in [-0.2, -0.15) is 0 Å². The molecule has 0 fully saturated rings. The van der Waals surface area contributed by atoms with E-state index in [4.69, 9.17) is 5.73 Å². The van der Waals surface area contributed by atoms with E-state index < -0.39 is 0 Å². The van der Waals surface area contributed by atoms with Crippen LogP contribution in [0, 0.1) is 0 Å². The summed E-state index contributed by atoms with van der Waals surface area (Å²) in [5.74, 6) is 0. The Kier molecular flexibility index (Phi) is 3.55. The maximum atomic E-state index is 5.93. The number of nitrogens with two attached hydrogens (primary N) is 1. The third kappa shape index (κ3) is 2.29. The highest BCUT2D eigenvalue weighted by Gasteiger charge is 2.09. The first-order valence-corrected chi connectivity index (χ1v) is 5.41. The molecule has 1 heterocycles. The number of halogens is 1. The third-order valence-electron chi connectivity index (χ3n) is 1.58. The molecule has 62 valence electrons. The fourth-order valence-electron chi connectivity index (χ4n) is 1.01. The van der Waals surface area contributed by atoms with Crippen LogP contribution in [0.5, 0.6) is 0 Å². The molecule has 0 amide bonds. The minimum absolute atomic E-state index is 0.217. The topological polar surface area (TPSA) is 26.0 Å². The van der Waals surface area contributed by atoms with Gasteiger partial charge in [-0.05, 0) is 33.8 Å². The van der Waals surface area contributed by atoms with Crippen LogP contribution in [0.15, 0.2) is 15.9 Å². The summed E-state index contributed by atoms with van der Waals surface area (Å²) >= 11 is 5.19. The Labute approximate surface area is 79.7 Å². The van der Waals surface area contributed by atoms with Crippen molar-refractivity contribution in [1.82, 2.24) is 0 Å². The van der Waals surface area contributed by atoms with Crippen molar-refractivity contribution in [3.63, 3.8) is 0 Å². The zero-order valence-electron chi connectivity index (χ0n) is 6.51. The van der Waals surface area contributed by atoms with Gasteiger partial charge in [0.25, 0.3) is 0 Å². The van der Waals surface area contributed by atoms with Gasteiger partial charge in [-0.1, -0.05) is 13.3 Å². The lowest BCUT2D eigenvalue weighted by Crippen LogP contribution is -2.07. The molecule has 11 heavy (non-hydrogen) atoms. The maximum Gasteiger partial charge on any atom is 0.0401 e. The van der Waals surface area contributed by atoms with Gasteiger partial charge in [0.1, 0.15) is 0 Å². The Balaban J connectivity index is 2.67. The van der Waals surface area contributed by atoms with Crippen molar-refractivity contribution in [2.45, 2.75) is 25.8 Å². The van der Waals surface area contributed by atoms with Crippen molar-refractivity contribution >= 4 is 27.3 Å². The second-order valence-corrected chi connectivity index (χ2v) is 4.33. The molecule has 0 aliphatic heterocycles. The van der Waals surface area contributed by atoms with Gasteiger partial charge in [-0.25, -0.2) is 0 Å². The first-order valence-electron chi connectivity index (χ1n) is 3.74. The van der Waals surface area contributed by atoms with Crippen LogP contribution in [0.4, 0.5) is 0 Å². The quantitative estimate of drug-likeness (QED) is 0.853. The van der Waals surface area contributed by atoms with E-state index in [2.05, 4.69) is 34.3 Å². The summed E-state index contributed by atoms with van der Waals surface area (Å²) in [4.78, 5) is 1.27. The average molecular weight is 234 g/mol. The molecule has 0 saturated carbocycles. The van der Waals surface area contributed by atoms with Crippen LogP contribution in [0.3, 0.4) is 0 Å². The van der Waals surface area contributed by atoms with E-state index in [0.29, 0.717) is 0 Å². The van der Waals surface area contributed by atoms with E-state index in [1.54, 1.807) is 11.3 Å². The van der Waals surface area contributed by atoms with Crippen LogP contribution in [0.2, 0.25) is 0 Å².